The molecule has 1 unspecified atom stereocenters. The maximum atomic E-state index is 14.0. The molecule has 2 saturated heterocycles. The number of unbranched alkanes of at least 4 members (excludes halogenated alkanes) is 3. The van der Waals surface area contributed by atoms with Gasteiger partial charge in [0.25, 0.3) is 5.91 Å². The van der Waals surface area contributed by atoms with Gasteiger partial charge in [0.1, 0.15) is 18.7 Å². The number of hydrogen-bond donors (Lipinski definition) is 5. The number of hydrogen-bond acceptors (Lipinski definition) is 15. The van der Waals surface area contributed by atoms with E-state index in [4.69, 9.17) is 9.47 Å². The van der Waals surface area contributed by atoms with E-state index in [1.54, 1.807) is 29.9 Å². The molecule has 2 aliphatic rings. The number of nitrogens with one attached hydrogen (secondary N) is 4. The predicted molar refractivity (Wildman–Crippen MR) is 308 cm³/mol. The van der Waals surface area contributed by atoms with Gasteiger partial charge in [0.2, 0.25) is 23.7 Å². The topological polar surface area (TPSA) is 216 Å². The van der Waals surface area contributed by atoms with Crippen molar-refractivity contribution >= 4 is 52.3 Å². The summed E-state index contributed by atoms with van der Waals surface area (Å²) in [5.74, 6) is -0.949. The number of aliphatic hydroxyl groups is 1. The molecule has 418 valence electrons. The van der Waals surface area contributed by atoms with Gasteiger partial charge in [-0.2, -0.15) is 0 Å². The fourth-order valence-corrected chi connectivity index (χ4v) is 10.5. The summed E-state index contributed by atoms with van der Waals surface area (Å²) >= 11 is 1.58. The van der Waals surface area contributed by atoms with Gasteiger partial charge >= 0.3 is 0 Å². The number of aromatic nitrogens is 4. The molecule has 2 fully saturated rings. The quantitative estimate of drug-likeness (QED) is 0.0346. The number of piperazine rings is 1. The van der Waals surface area contributed by atoms with Crippen molar-refractivity contribution in [3.8, 4) is 21.7 Å². The molecule has 0 spiro atoms. The van der Waals surface area contributed by atoms with E-state index < -0.39 is 35.4 Å². The smallest absolute Gasteiger partial charge is 0.255 e. The van der Waals surface area contributed by atoms with Crippen LogP contribution in [0.2, 0.25) is 0 Å². The van der Waals surface area contributed by atoms with E-state index in [9.17, 15) is 24.3 Å². The van der Waals surface area contributed by atoms with Crippen LogP contribution in [0.1, 0.15) is 85.6 Å². The van der Waals surface area contributed by atoms with Crippen LogP contribution in [0, 0.1) is 19.3 Å². The first-order chi connectivity index (χ1) is 38.2. The molecule has 3 aromatic carbocycles. The van der Waals surface area contributed by atoms with Crippen LogP contribution in [0.5, 0.6) is 0 Å². The molecule has 5 heterocycles. The zero-order valence-corrected chi connectivity index (χ0v) is 46.9. The van der Waals surface area contributed by atoms with Gasteiger partial charge in [-0.25, -0.2) is 15.0 Å². The lowest BCUT2D eigenvalue weighted by atomic mass is 9.85. The largest absolute Gasteiger partial charge is 0.391 e. The highest BCUT2D eigenvalue weighted by atomic mass is 32.1. The van der Waals surface area contributed by atoms with E-state index in [1.807, 2.05) is 125 Å². The van der Waals surface area contributed by atoms with E-state index in [2.05, 4.69) is 51.0 Å². The minimum Gasteiger partial charge on any atom is -0.391 e. The number of likely N-dealkylation sites (tertiary alicyclic amines) is 1. The number of anilines is 3. The fourth-order valence-electron chi connectivity index (χ4n) is 9.70. The molecule has 4 amide bonds. The zero-order valence-electron chi connectivity index (χ0n) is 46.1. The van der Waals surface area contributed by atoms with Gasteiger partial charge in [-0.1, -0.05) is 76.1 Å². The lowest BCUT2D eigenvalue weighted by Crippen LogP contribution is -2.58. The average molecular weight is 1090 g/mol. The molecular formula is C60H75N11O7S. The number of carbonyl (C=O) groups is 4. The van der Waals surface area contributed by atoms with Gasteiger partial charge in [-0.3, -0.25) is 29.1 Å². The lowest BCUT2D eigenvalue weighted by molar-refractivity contribution is -0.144. The first-order valence-corrected chi connectivity index (χ1v) is 28.2. The molecule has 3 aromatic heterocycles. The Morgan fingerprint density at radius 1 is 0.810 bits per heavy atom. The van der Waals surface area contributed by atoms with Crippen molar-refractivity contribution in [3.05, 3.63) is 137 Å². The second kappa shape index (κ2) is 28.2. The van der Waals surface area contributed by atoms with E-state index in [0.29, 0.717) is 30.4 Å². The Hall–Kier alpha value is -7.00. The second-order valence-corrected chi connectivity index (χ2v) is 22.3. The van der Waals surface area contributed by atoms with Crippen molar-refractivity contribution < 1.29 is 33.8 Å². The van der Waals surface area contributed by atoms with Crippen molar-refractivity contribution in [2.45, 2.75) is 98.0 Å². The molecule has 19 heteroatoms. The third kappa shape index (κ3) is 17.0. The Morgan fingerprint density at radius 2 is 1.56 bits per heavy atom. The molecule has 0 saturated carbocycles. The Morgan fingerprint density at radius 3 is 2.29 bits per heavy atom. The van der Waals surface area contributed by atoms with E-state index in [0.717, 1.165) is 109 Å². The van der Waals surface area contributed by atoms with Gasteiger partial charge in [-0.05, 0) is 103 Å². The maximum Gasteiger partial charge on any atom is 0.255 e. The van der Waals surface area contributed by atoms with Gasteiger partial charge in [0.15, 0.2) is 0 Å². The number of benzene rings is 3. The summed E-state index contributed by atoms with van der Waals surface area (Å²) in [7, 11) is 0. The molecule has 79 heavy (non-hydrogen) atoms. The summed E-state index contributed by atoms with van der Waals surface area (Å²) in [6, 6.07) is 25.3. The summed E-state index contributed by atoms with van der Waals surface area (Å²) < 4.78 is 11.4. The van der Waals surface area contributed by atoms with Crippen LogP contribution in [0.25, 0.3) is 21.7 Å². The Bertz CT molecular complexity index is 2950. The molecule has 18 nitrogen and oxygen atoms in total. The molecule has 0 aliphatic carbocycles. The van der Waals surface area contributed by atoms with Crippen molar-refractivity contribution in [1.82, 2.24) is 45.3 Å². The number of aliphatic hydroxyl groups excluding tert-OH is 1. The SMILES string of the molecule is Cc1ccc(NC(=O)c2ccc(CN3CCN(CCCCCCOCCOCC(=O)NC(C(=O)N4C[C@H](O)C[C@H]4C(=O)NCc4ccc(-c5scnc5C)cc4)C(C)(C)C)CC3)cc2)cc1Nc1nccc(-c2cccnc2)n1. The zero-order chi connectivity index (χ0) is 55.7. The van der Waals surface area contributed by atoms with Crippen LogP contribution in [0.3, 0.4) is 0 Å². The third-order valence-electron chi connectivity index (χ3n) is 14.3. The Balaban J connectivity index is 0.653. The fraction of sp³-hybridized carbons (Fsp3) is 0.433. The van der Waals surface area contributed by atoms with E-state index >= 15 is 0 Å². The summed E-state index contributed by atoms with van der Waals surface area (Å²) in [5.41, 5.74) is 9.94. The standard InChI is InChI=1S/C60H75N11O7S/c1-41-12-21-48(33-51(41)67-59-62-24-22-50(66-59)47-11-10-23-61-36-47)65-56(74)46-19-15-44(16-20-46)37-70-28-26-69(27-29-70)25-8-6-7-9-30-77-31-32-78-39-53(73)68-55(60(3,4)5)58(76)71-38-49(72)34-52(71)57(75)63-35-43-13-17-45(18-14-43)54-42(2)64-40-79-54/h10-24,33,36,40,49,52,55,72H,6-9,25-32,34-35,37-39H2,1-5H3,(H,63,75)(H,65,74)(H,68,73)(H,62,66,67)/t49-,52+,55?/m1/s1. The number of rotatable bonds is 25. The maximum absolute atomic E-state index is 14.0. The number of β-amino-alcohol motifs (C(OH)–C–C–N with tert-alkyl or cyclic N) is 1. The van der Waals surface area contributed by atoms with Crippen LogP contribution in [-0.2, 0) is 36.9 Å². The van der Waals surface area contributed by atoms with Crippen LogP contribution in [0.4, 0.5) is 17.3 Å². The normalized spacial score (nSPS) is 16.4. The number of pyridine rings is 1. The highest BCUT2D eigenvalue weighted by Gasteiger charge is 2.44. The van der Waals surface area contributed by atoms with Crippen LogP contribution in [-0.4, -0.2) is 147 Å². The average Bonchev–Trinajstić information content (AvgIpc) is 4.18. The van der Waals surface area contributed by atoms with E-state index in [-0.39, 0.29) is 44.5 Å². The predicted octanol–water partition coefficient (Wildman–Crippen LogP) is 7.80. The summed E-state index contributed by atoms with van der Waals surface area (Å²) in [5, 5.41) is 22.7. The van der Waals surface area contributed by atoms with Gasteiger partial charge in [0, 0.05) is 99.9 Å². The number of thiazole rings is 1. The first-order valence-electron chi connectivity index (χ1n) is 27.3. The highest BCUT2D eigenvalue weighted by molar-refractivity contribution is 7.13. The molecule has 3 atom stereocenters. The highest BCUT2D eigenvalue weighted by Crippen LogP contribution is 2.29. The molecule has 6 aromatic rings. The summed E-state index contributed by atoms with van der Waals surface area (Å²) in [6.07, 6.45) is 8.71. The third-order valence-corrected chi connectivity index (χ3v) is 15.2. The summed E-state index contributed by atoms with van der Waals surface area (Å²) in [6.45, 7) is 16.7. The number of ether oxygens (including phenoxy) is 2. The van der Waals surface area contributed by atoms with Gasteiger partial charge in [0.05, 0.1) is 41.1 Å². The van der Waals surface area contributed by atoms with Crippen LogP contribution >= 0.6 is 11.3 Å². The number of carbonyl (C=O) groups excluding carboxylic acids is 4. The lowest BCUT2D eigenvalue weighted by Gasteiger charge is -2.35. The molecular weight excluding hydrogens is 1020 g/mol. The van der Waals surface area contributed by atoms with E-state index in [1.165, 1.54) is 10.5 Å². The molecule has 2 aliphatic heterocycles. The van der Waals surface area contributed by atoms with Crippen molar-refractivity contribution in [3.63, 3.8) is 0 Å². The molecule has 0 bridgehead atoms. The summed E-state index contributed by atoms with van der Waals surface area (Å²) in [4.78, 5) is 78.8. The number of aryl methyl sites for hydroxylation is 2. The van der Waals surface area contributed by atoms with Crippen LogP contribution < -0.4 is 21.3 Å². The van der Waals surface area contributed by atoms with Crippen molar-refractivity contribution in [1.29, 1.82) is 0 Å². The molecule has 5 N–H and O–H groups in total. The van der Waals surface area contributed by atoms with Gasteiger partial charge < -0.3 is 45.6 Å². The monoisotopic (exact) mass is 1090 g/mol. The Labute approximate surface area is 467 Å². The minimum absolute atomic E-state index is 0.00103. The van der Waals surface area contributed by atoms with Crippen molar-refractivity contribution in [2.24, 2.45) is 5.41 Å². The van der Waals surface area contributed by atoms with Gasteiger partial charge in [-0.15, -0.1) is 11.3 Å². The molecule has 8 rings (SSSR count). The van der Waals surface area contributed by atoms with Crippen LogP contribution in [0.15, 0.2) is 109 Å². The Kier molecular flexibility index (Phi) is 20.8. The number of nitrogens with zero attached hydrogens (tertiary/aromatic N) is 7. The second-order valence-electron chi connectivity index (χ2n) is 21.5. The minimum atomic E-state index is -0.941. The van der Waals surface area contributed by atoms with Crippen molar-refractivity contribution in [2.75, 3.05) is 76.3 Å². The molecule has 0 radical (unpaired) electrons. The number of amides is 4. The first kappa shape index (κ1) is 58.2.